The summed E-state index contributed by atoms with van der Waals surface area (Å²) in [6, 6.07) is 9.97. The van der Waals surface area contributed by atoms with E-state index in [2.05, 4.69) is 55.1 Å². The predicted molar refractivity (Wildman–Crippen MR) is 91.8 cm³/mol. The Bertz CT molecular complexity index is 413. The molecule has 1 saturated heterocycles. The zero-order chi connectivity index (χ0) is 15.2. The van der Waals surface area contributed by atoms with Crippen molar-refractivity contribution in [2.45, 2.75) is 51.1 Å². The van der Waals surface area contributed by atoms with Gasteiger partial charge in [0.05, 0.1) is 0 Å². The highest BCUT2D eigenvalue weighted by Crippen LogP contribution is 2.29. The Morgan fingerprint density at radius 3 is 2.48 bits per heavy atom. The lowest BCUT2D eigenvalue weighted by Gasteiger charge is -2.36. The van der Waals surface area contributed by atoms with E-state index in [-0.39, 0.29) is 0 Å². The van der Waals surface area contributed by atoms with Gasteiger partial charge in [0.25, 0.3) is 0 Å². The summed E-state index contributed by atoms with van der Waals surface area (Å²) < 4.78 is 0. The fraction of sp³-hybridized carbons (Fsp3) is 0.667. The number of likely N-dealkylation sites (tertiary alicyclic amines) is 1. The average molecular weight is 289 g/mol. The third kappa shape index (κ3) is 3.98. The standard InChI is InChI=1S/C18H31N3/c1-4-16-8-6-5-7-13-21(16)18(14-19)15-9-11-17(12-10-15)20(2)3/h9-12,16,18H,4-8,13-14,19H2,1-3H3. The Kier molecular flexibility index (Phi) is 6.07. The minimum atomic E-state index is 0.365. The highest BCUT2D eigenvalue weighted by atomic mass is 15.2. The third-order valence-electron chi connectivity index (χ3n) is 4.81. The van der Waals surface area contributed by atoms with Crippen LogP contribution in [-0.4, -0.2) is 38.1 Å². The second-order valence-electron chi connectivity index (χ2n) is 6.39. The van der Waals surface area contributed by atoms with E-state index in [1.165, 1.54) is 49.9 Å². The molecule has 1 aromatic rings. The zero-order valence-electron chi connectivity index (χ0n) is 13.9. The van der Waals surface area contributed by atoms with E-state index >= 15 is 0 Å². The van der Waals surface area contributed by atoms with E-state index in [0.717, 1.165) is 0 Å². The molecule has 0 amide bonds. The van der Waals surface area contributed by atoms with Crippen LogP contribution in [0.25, 0.3) is 0 Å². The summed E-state index contributed by atoms with van der Waals surface area (Å²) in [6.45, 7) is 4.21. The lowest BCUT2D eigenvalue weighted by Crippen LogP contribution is -2.41. The van der Waals surface area contributed by atoms with Gasteiger partial charge in [-0.1, -0.05) is 31.9 Å². The smallest absolute Gasteiger partial charge is 0.0473 e. The molecule has 0 aliphatic carbocycles. The summed E-state index contributed by atoms with van der Waals surface area (Å²) in [5, 5.41) is 0. The van der Waals surface area contributed by atoms with Crippen LogP contribution in [0.4, 0.5) is 5.69 Å². The van der Waals surface area contributed by atoms with Crippen molar-refractivity contribution in [3.05, 3.63) is 29.8 Å². The summed E-state index contributed by atoms with van der Waals surface area (Å²) in [5.74, 6) is 0. The van der Waals surface area contributed by atoms with Crippen molar-refractivity contribution in [3.8, 4) is 0 Å². The molecule has 2 atom stereocenters. The van der Waals surface area contributed by atoms with Crippen LogP contribution in [0.15, 0.2) is 24.3 Å². The Morgan fingerprint density at radius 2 is 1.90 bits per heavy atom. The first-order valence-corrected chi connectivity index (χ1v) is 8.40. The second kappa shape index (κ2) is 7.81. The molecular weight excluding hydrogens is 258 g/mol. The molecule has 3 heteroatoms. The van der Waals surface area contributed by atoms with E-state index in [1.54, 1.807) is 0 Å². The number of nitrogens with zero attached hydrogens (tertiary/aromatic N) is 2. The Balaban J connectivity index is 2.20. The summed E-state index contributed by atoms with van der Waals surface area (Å²) in [7, 11) is 4.16. The topological polar surface area (TPSA) is 32.5 Å². The lowest BCUT2D eigenvalue weighted by molar-refractivity contribution is 0.136. The molecule has 0 spiro atoms. The van der Waals surface area contributed by atoms with Gasteiger partial charge >= 0.3 is 0 Å². The Hall–Kier alpha value is -1.06. The number of anilines is 1. The average Bonchev–Trinajstić information content (AvgIpc) is 2.74. The van der Waals surface area contributed by atoms with Crippen molar-refractivity contribution < 1.29 is 0 Å². The highest BCUT2D eigenvalue weighted by Gasteiger charge is 2.26. The van der Waals surface area contributed by atoms with Crippen molar-refractivity contribution in [1.82, 2.24) is 4.90 Å². The van der Waals surface area contributed by atoms with Crippen LogP contribution in [0.5, 0.6) is 0 Å². The molecule has 1 aromatic carbocycles. The molecule has 0 saturated carbocycles. The van der Waals surface area contributed by atoms with Gasteiger partial charge in [-0.25, -0.2) is 0 Å². The maximum atomic E-state index is 6.15. The van der Waals surface area contributed by atoms with Gasteiger partial charge in [-0.15, -0.1) is 0 Å². The molecule has 1 fully saturated rings. The normalized spacial score (nSPS) is 21.8. The molecule has 1 aliphatic heterocycles. The molecule has 2 rings (SSSR count). The van der Waals surface area contributed by atoms with E-state index in [4.69, 9.17) is 5.73 Å². The maximum absolute atomic E-state index is 6.15. The number of rotatable bonds is 5. The SMILES string of the molecule is CCC1CCCCCN1C(CN)c1ccc(N(C)C)cc1. The minimum Gasteiger partial charge on any atom is -0.378 e. The van der Waals surface area contributed by atoms with Gasteiger partial charge in [-0.2, -0.15) is 0 Å². The van der Waals surface area contributed by atoms with E-state index in [1.807, 2.05) is 0 Å². The number of nitrogens with two attached hydrogens (primary N) is 1. The monoisotopic (exact) mass is 289 g/mol. The van der Waals surface area contributed by atoms with Crippen LogP contribution in [-0.2, 0) is 0 Å². The summed E-state index contributed by atoms with van der Waals surface area (Å²) in [5.41, 5.74) is 8.76. The fourth-order valence-corrected chi connectivity index (χ4v) is 3.51. The van der Waals surface area contributed by atoms with E-state index in [0.29, 0.717) is 18.6 Å². The first-order valence-electron chi connectivity index (χ1n) is 8.40. The molecule has 0 aromatic heterocycles. The van der Waals surface area contributed by atoms with E-state index in [9.17, 15) is 0 Å². The van der Waals surface area contributed by atoms with E-state index < -0.39 is 0 Å². The van der Waals surface area contributed by atoms with Gasteiger partial charge in [0.15, 0.2) is 0 Å². The van der Waals surface area contributed by atoms with Crippen molar-refractivity contribution in [3.63, 3.8) is 0 Å². The molecule has 21 heavy (non-hydrogen) atoms. The summed E-state index contributed by atoms with van der Waals surface area (Å²) in [6.07, 6.45) is 6.59. The molecule has 2 unspecified atom stereocenters. The van der Waals surface area contributed by atoms with Crippen molar-refractivity contribution in [2.75, 3.05) is 32.1 Å². The van der Waals surface area contributed by atoms with Crippen molar-refractivity contribution >= 4 is 5.69 Å². The molecule has 2 N–H and O–H groups in total. The molecule has 0 radical (unpaired) electrons. The minimum absolute atomic E-state index is 0.365. The largest absolute Gasteiger partial charge is 0.378 e. The van der Waals surface area contributed by atoms with Gasteiger partial charge in [0.2, 0.25) is 0 Å². The first-order chi connectivity index (χ1) is 10.2. The van der Waals surface area contributed by atoms with Gasteiger partial charge in [-0.3, -0.25) is 4.90 Å². The Morgan fingerprint density at radius 1 is 1.19 bits per heavy atom. The molecular formula is C18H31N3. The predicted octanol–water partition coefficient (Wildman–Crippen LogP) is 3.41. The second-order valence-corrected chi connectivity index (χ2v) is 6.39. The number of benzene rings is 1. The third-order valence-corrected chi connectivity index (χ3v) is 4.81. The van der Waals surface area contributed by atoms with Crippen LogP contribution in [0.3, 0.4) is 0 Å². The van der Waals surface area contributed by atoms with Crippen LogP contribution in [0, 0.1) is 0 Å². The Labute approximate surface area is 130 Å². The van der Waals surface area contributed by atoms with Crippen LogP contribution in [0.1, 0.15) is 50.6 Å². The van der Waals surface area contributed by atoms with Crippen molar-refractivity contribution in [1.29, 1.82) is 0 Å². The summed E-state index contributed by atoms with van der Waals surface area (Å²) >= 11 is 0. The quantitative estimate of drug-likeness (QED) is 0.901. The molecule has 118 valence electrons. The summed E-state index contributed by atoms with van der Waals surface area (Å²) in [4.78, 5) is 4.81. The fourth-order valence-electron chi connectivity index (χ4n) is 3.51. The molecule has 0 bridgehead atoms. The highest BCUT2D eigenvalue weighted by molar-refractivity contribution is 5.46. The van der Waals surface area contributed by atoms with Crippen LogP contribution < -0.4 is 10.6 Å². The first kappa shape index (κ1) is 16.3. The zero-order valence-corrected chi connectivity index (χ0v) is 13.9. The van der Waals surface area contributed by atoms with Gasteiger partial charge in [-0.05, 0) is 43.5 Å². The molecule has 1 aliphatic rings. The van der Waals surface area contributed by atoms with Crippen LogP contribution in [0.2, 0.25) is 0 Å². The van der Waals surface area contributed by atoms with Crippen LogP contribution >= 0.6 is 0 Å². The number of hydrogen-bond donors (Lipinski definition) is 1. The van der Waals surface area contributed by atoms with Gasteiger partial charge in [0.1, 0.15) is 0 Å². The molecule has 1 heterocycles. The number of hydrogen-bond acceptors (Lipinski definition) is 3. The molecule has 3 nitrogen and oxygen atoms in total. The maximum Gasteiger partial charge on any atom is 0.0473 e. The lowest BCUT2D eigenvalue weighted by atomic mass is 10.0. The van der Waals surface area contributed by atoms with Crippen molar-refractivity contribution in [2.24, 2.45) is 5.73 Å². The van der Waals surface area contributed by atoms with Gasteiger partial charge in [0, 0.05) is 38.4 Å². The van der Waals surface area contributed by atoms with Gasteiger partial charge < -0.3 is 10.6 Å².